The van der Waals surface area contributed by atoms with Crippen LogP contribution < -0.4 is 0 Å². The fourth-order valence-corrected chi connectivity index (χ4v) is 7.70. The fraction of sp³-hybridized carbons (Fsp3) is 0.517. The van der Waals surface area contributed by atoms with E-state index in [1.54, 1.807) is 11.3 Å². The predicted molar refractivity (Wildman–Crippen MR) is 144 cm³/mol. The lowest BCUT2D eigenvalue weighted by Gasteiger charge is -2.52. The summed E-state index contributed by atoms with van der Waals surface area (Å²) in [6.07, 6.45) is 8.74. The van der Waals surface area contributed by atoms with Crippen molar-refractivity contribution in [3.63, 3.8) is 0 Å². The van der Waals surface area contributed by atoms with Crippen molar-refractivity contribution < 1.29 is 18.5 Å². The largest absolute Gasteiger partial charge is 0.455 e. The van der Waals surface area contributed by atoms with E-state index in [-0.39, 0.29) is 24.5 Å². The van der Waals surface area contributed by atoms with E-state index in [4.69, 9.17) is 9.26 Å². The Morgan fingerprint density at radius 3 is 2.50 bits per heavy atom. The molecule has 3 aliphatic heterocycles. The number of aromatic nitrogens is 1. The van der Waals surface area contributed by atoms with Gasteiger partial charge in [0.2, 0.25) is 0 Å². The van der Waals surface area contributed by atoms with Gasteiger partial charge in [0.25, 0.3) is 0 Å². The Kier molecular flexibility index (Phi) is 7.57. The summed E-state index contributed by atoms with van der Waals surface area (Å²) in [6, 6.07) is 16.5. The van der Waals surface area contributed by atoms with Gasteiger partial charge in [-0.2, -0.15) is 0 Å². The van der Waals surface area contributed by atoms with Crippen LogP contribution in [0.5, 0.6) is 0 Å². The highest BCUT2D eigenvalue weighted by molar-refractivity contribution is 7.10. The first-order chi connectivity index (χ1) is 17.2. The van der Waals surface area contributed by atoms with E-state index in [1.165, 1.54) is 17.7 Å². The molecule has 7 heteroatoms. The Morgan fingerprint density at radius 2 is 1.81 bits per heavy atom. The maximum atomic E-state index is 13.9. The minimum atomic E-state index is -0.446. The highest BCUT2D eigenvalue weighted by Crippen LogP contribution is 2.44. The molecule has 5 heterocycles. The van der Waals surface area contributed by atoms with Gasteiger partial charge >= 0.3 is 5.97 Å². The zero-order valence-electron chi connectivity index (χ0n) is 20.8. The van der Waals surface area contributed by atoms with Crippen molar-refractivity contribution in [2.24, 2.45) is 5.92 Å². The summed E-state index contributed by atoms with van der Waals surface area (Å²) < 4.78 is 13.1. The lowest BCUT2D eigenvalue weighted by molar-refractivity contribution is -0.958. The molecule has 0 N–H and O–H groups in total. The quantitative estimate of drug-likeness (QED) is 0.202. The molecule has 36 heavy (non-hydrogen) atoms. The molecule has 1 atom stereocenters. The number of esters is 1. The van der Waals surface area contributed by atoms with Gasteiger partial charge in [-0.25, -0.2) is 0 Å². The number of benzene rings is 1. The average molecular weight is 528 g/mol. The van der Waals surface area contributed by atoms with Gasteiger partial charge in [0.1, 0.15) is 24.2 Å². The van der Waals surface area contributed by atoms with Gasteiger partial charge < -0.3 is 13.7 Å². The Bertz CT molecular complexity index is 1130. The SMILES string of the molecule is Cl.O=C(O[C@H]1C[N+]2(Cc3cc(-c4ccccc4)on3)CCC1CC2)C1(c2cccs2)CCCCCC1. The average Bonchev–Trinajstić information content (AvgIpc) is 3.53. The molecule has 2 bridgehead atoms. The number of quaternary nitrogens is 1. The Labute approximate surface area is 223 Å². The van der Waals surface area contributed by atoms with Crippen molar-refractivity contribution in [3.8, 4) is 11.3 Å². The second-order valence-corrected chi connectivity index (χ2v) is 11.9. The first-order valence-corrected chi connectivity index (χ1v) is 14.2. The Morgan fingerprint density at radius 1 is 1.06 bits per heavy atom. The molecular weight excluding hydrogens is 492 g/mol. The second-order valence-electron chi connectivity index (χ2n) is 10.9. The second kappa shape index (κ2) is 10.7. The van der Waals surface area contributed by atoms with Crippen molar-refractivity contribution in [1.82, 2.24) is 5.16 Å². The molecular formula is C29H36ClN2O3S+. The third kappa shape index (κ3) is 4.88. The number of ether oxygens (including phenoxy) is 1. The zero-order chi connectivity index (χ0) is 23.7. The van der Waals surface area contributed by atoms with E-state index in [0.29, 0.717) is 5.92 Å². The number of carbonyl (C=O) groups excluding carboxylic acids is 1. The topological polar surface area (TPSA) is 52.3 Å². The van der Waals surface area contributed by atoms with Crippen LogP contribution in [0.1, 0.15) is 61.9 Å². The first kappa shape index (κ1) is 25.5. The minimum absolute atomic E-state index is 0. The molecule has 1 aliphatic carbocycles. The first-order valence-electron chi connectivity index (χ1n) is 13.3. The number of carbonyl (C=O) groups is 1. The number of hydrogen-bond donors (Lipinski definition) is 0. The highest BCUT2D eigenvalue weighted by atomic mass is 35.5. The molecule has 0 unspecified atom stereocenters. The number of fused-ring (bicyclic) bond motifs is 3. The van der Waals surface area contributed by atoms with E-state index < -0.39 is 5.41 Å². The molecule has 4 aliphatic rings. The van der Waals surface area contributed by atoms with Crippen LogP contribution in [0.25, 0.3) is 11.3 Å². The third-order valence-electron chi connectivity index (χ3n) is 8.76. The van der Waals surface area contributed by atoms with Crippen LogP contribution in [0.15, 0.2) is 58.4 Å². The Hall–Kier alpha value is -2.15. The summed E-state index contributed by atoms with van der Waals surface area (Å²) in [7, 11) is 0. The number of hydrogen-bond acceptors (Lipinski definition) is 5. The van der Waals surface area contributed by atoms with Crippen molar-refractivity contribution >= 4 is 29.7 Å². The van der Waals surface area contributed by atoms with Gasteiger partial charge in [-0.3, -0.25) is 4.79 Å². The maximum absolute atomic E-state index is 13.9. The predicted octanol–water partition coefficient (Wildman–Crippen LogP) is 6.77. The molecule has 0 radical (unpaired) electrons. The molecule has 192 valence electrons. The fourth-order valence-electron chi connectivity index (χ4n) is 6.73. The summed E-state index contributed by atoms with van der Waals surface area (Å²) >= 11 is 1.72. The monoisotopic (exact) mass is 527 g/mol. The number of halogens is 1. The molecule has 0 spiro atoms. The zero-order valence-corrected chi connectivity index (χ0v) is 22.4. The van der Waals surface area contributed by atoms with E-state index in [2.05, 4.69) is 40.9 Å². The van der Waals surface area contributed by atoms with E-state index in [0.717, 1.165) is 86.2 Å². The number of rotatable bonds is 6. The smallest absolute Gasteiger partial charge is 0.317 e. The van der Waals surface area contributed by atoms with Crippen molar-refractivity contribution in [2.45, 2.75) is 69.4 Å². The standard InChI is InChI=1S/C29H35N2O3S.ClH/c32-28(29(27-11-8-18-35-27)14-6-1-2-7-15-29)33-26-21-31(16-12-23(26)13-17-31)20-24-19-25(34-30-24)22-9-4-3-5-10-22;/h3-5,8-11,18-19,23,26H,1-2,6-7,12-17,20-21H2;1H/q+1;/t23?,26-,31?;/m0./s1. The molecule has 5 nitrogen and oxygen atoms in total. The molecule has 2 aromatic heterocycles. The van der Waals surface area contributed by atoms with Gasteiger partial charge in [-0.1, -0.05) is 67.2 Å². The van der Waals surface area contributed by atoms with Crippen LogP contribution in [0, 0.1) is 5.92 Å². The summed E-state index contributed by atoms with van der Waals surface area (Å²) in [5.74, 6) is 1.34. The Balaban J connectivity index is 0.00000267. The maximum Gasteiger partial charge on any atom is 0.317 e. The van der Waals surface area contributed by atoms with E-state index >= 15 is 0 Å². The summed E-state index contributed by atoms with van der Waals surface area (Å²) in [5, 5.41) is 6.52. The van der Waals surface area contributed by atoms with Crippen molar-refractivity contribution in [1.29, 1.82) is 0 Å². The van der Waals surface area contributed by atoms with Gasteiger partial charge in [0.15, 0.2) is 11.9 Å². The molecule has 7 rings (SSSR count). The lowest BCUT2D eigenvalue weighted by atomic mass is 9.78. The van der Waals surface area contributed by atoms with Gasteiger partial charge in [-0.15, -0.1) is 23.7 Å². The van der Waals surface area contributed by atoms with Crippen LogP contribution in [0.3, 0.4) is 0 Å². The molecule has 0 amide bonds. The molecule has 3 saturated heterocycles. The summed E-state index contributed by atoms with van der Waals surface area (Å²) in [6.45, 7) is 3.99. The van der Waals surface area contributed by atoms with Gasteiger partial charge in [0, 0.05) is 35.3 Å². The summed E-state index contributed by atoms with van der Waals surface area (Å²) in [4.78, 5) is 15.1. The van der Waals surface area contributed by atoms with Gasteiger partial charge in [-0.05, 0) is 24.3 Å². The lowest BCUT2D eigenvalue weighted by Crippen LogP contribution is -2.64. The van der Waals surface area contributed by atoms with Crippen molar-refractivity contribution in [2.75, 3.05) is 19.6 Å². The van der Waals surface area contributed by atoms with Crippen molar-refractivity contribution in [3.05, 3.63) is 64.5 Å². The molecule has 1 saturated carbocycles. The minimum Gasteiger partial charge on any atom is -0.455 e. The van der Waals surface area contributed by atoms with Crippen LogP contribution in [0.2, 0.25) is 0 Å². The normalized spacial score (nSPS) is 27.1. The third-order valence-corrected chi connectivity index (χ3v) is 9.83. The number of piperidine rings is 3. The molecule has 3 aromatic rings. The number of thiophene rings is 1. The highest BCUT2D eigenvalue weighted by Gasteiger charge is 2.51. The van der Waals surface area contributed by atoms with Crippen LogP contribution in [-0.4, -0.2) is 41.3 Å². The molecule has 4 fully saturated rings. The van der Waals surface area contributed by atoms with Crippen LogP contribution >= 0.6 is 23.7 Å². The number of nitrogens with zero attached hydrogens (tertiary/aromatic N) is 2. The van der Waals surface area contributed by atoms with Crippen LogP contribution in [-0.2, 0) is 21.5 Å². The van der Waals surface area contributed by atoms with Gasteiger partial charge in [0.05, 0.1) is 13.1 Å². The summed E-state index contributed by atoms with van der Waals surface area (Å²) in [5.41, 5.74) is 1.60. The molecule has 1 aromatic carbocycles. The van der Waals surface area contributed by atoms with Crippen LogP contribution in [0.4, 0.5) is 0 Å². The van der Waals surface area contributed by atoms with E-state index in [1.807, 2.05) is 18.2 Å². The van der Waals surface area contributed by atoms with E-state index in [9.17, 15) is 4.79 Å².